The highest BCUT2D eigenvalue weighted by Gasteiger charge is 2.25. The molecule has 0 saturated carbocycles. The highest BCUT2D eigenvalue weighted by molar-refractivity contribution is 7.57. The fourth-order valence-electron chi connectivity index (χ4n) is 4.89. The minimum absolute atomic E-state index is 0.313. The molecule has 2 aromatic carbocycles. The lowest BCUT2D eigenvalue weighted by Crippen LogP contribution is -2.52. The Balaban J connectivity index is 1.67. The number of nitrogens with two attached hydrogens (primary N) is 3. The van der Waals surface area contributed by atoms with Crippen LogP contribution in [0, 0.1) is 0 Å². The highest BCUT2D eigenvalue weighted by atomic mass is 32.1. The van der Waals surface area contributed by atoms with Crippen molar-refractivity contribution >= 4 is 41.0 Å². The van der Waals surface area contributed by atoms with Crippen LogP contribution < -0.4 is 27.8 Å². The predicted molar refractivity (Wildman–Crippen MR) is 164 cm³/mol. The number of quaternary nitrogens is 1. The van der Waals surface area contributed by atoms with Gasteiger partial charge in [0, 0.05) is 18.5 Å². The molecular weight excluding hydrogens is 522 g/mol. The first kappa shape index (κ1) is 31.5. The van der Waals surface area contributed by atoms with Crippen molar-refractivity contribution in [3.05, 3.63) is 71.9 Å². The molecule has 0 aliphatic carbocycles. The van der Waals surface area contributed by atoms with Crippen molar-refractivity contribution in [2.24, 2.45) is 17.2 Å². The first-order valence-corrected chi connectivity index (χ1v) is 14.5. The van der Waals surface area contributed by atoms with Gasteiger partial charge in [-0.15, -0.1) is 0 Å². The minimum atomic E-state index is -0.771. The van der Waals surface area contributed by atoms with Crippen molar-refractivity contribution in [2.45, 2.75) is 43.5 Å². The summed E-state index contributed by atoms with van der Waals surface area (Å²) in [6.45, 7) is 3.60. The number of anilines is 1. The van der Waals surface area contributed by atoms with Gasteiger partial charge in [0.1, 0.15) is 6.04 Å². The first-order valence-electron chi connectivity index (χ1n) is 13.9. The van der Waals surface area contributed by atoms with Gasteiger partial charge in [0.05, 0.1) is 50.1 Å². The molecule has 10 heteroatoms. The van der Waals surface area contributed by atoms with Crippen molar-refractivity contribution in [3.8, 4) is 0 Å². The van der Waals surface area contributed by atoms with Gasteiger partial charge < -0.3 is 44.9 Å². The summed E-state index contributed by atoms with van der Waals surface area (Å²) in [5.41, 5.74) is 21.4. The van der Waals surface area contributed by atoms with Crippen LogP contribution in [-0.4, -0.2) is 73.1 Å². The molecule has 8 N–H and O–H groups in total. The third-order valence-corrected chi connectivity index (χ3v) is 7.59. The third kappa shape index (κ3) is 9.57. The van der Waals surface area contributed by atoms with Gasteiger partial charge in [-0.25, -0.2) is 0 Å². The summed E-state index contributed by atoms with van der Waals surface area (Å²) in [5, 5.41) is 6.75. The lowest BCUT2D eigenvalue weighted by atomic mass is 10.0. The average Bonchev–Trinajstić information content (AvgIpc) is 2.95. The van der Waals surface area contributed by atoms with E-state index < -0.39 is 12.1 Å². The zero-order chi connectivity index (χ0) is 29.0. The molecule has 0 unspecified atom stereocenters. The van der Waals surface area contributed by atoms with Crippen molar-refractivity contribution in [1.29, 1.82) is 0 Å². The number of amides is 2. The molecule has 3 aromatic rings. The second kappa shape index (κ2) is 15.7. The quantitative estimate of drug-likeness (QED) is 0.131. The Kier molecular flexibility index (Phi) is 12.4. The van der Waals surface area contributed by atoms with E-state index in [-0.39, 0.29) is 11.8 Å². The van der Waals surface area contributed by atoms with E-state index in [0.29, 0.717) is 43.8 Å². The number of aromatic nitrogens is 1. The number of likely N-dealkylation sites (N-methyl/N-ethyl adjacent to an activating group) is 1. The molecular formula is C30H43N7O2S. The lowest BCUT2D eigenvalue weighted by molar-refractivity contribution is -0.907. The Hall–Kier alpha value is -3.02. The van der Waals surface area contributed by atoms with Crippen LogP contribution >= 0.6 is 0 Å². The van der Waals surface area contributed by atoms with Crippen molar-refractivity contribution in [2.75, 3.05) is 45.1 Å². The van der Waals surface area contributed by atoms with E-state index in [4.69, 9.17) is 29.8 Å². The molecule has 0 aliphatic rings. The number of nitrogens with zero attached hydrogens (tertiary/aromatic N) is 2. The Bertz CT molecular complexity index is 1250. The van der Waals surface area contributed by atoms with E-state index in [2.05, 4.69) is 22.7 Å². The molecule has 0 spiro atoms. The number of hydrogen-bond donors (Lipinski definition) is 5. The second-order valence-corrected chi connectivity index (χ2v) is 10.9. The van der Waals surface area contributed by atoms with E-state index in [9.17, 15) is 9.59 Å². The summed E-state index contributed by atoms with van der Waals surface area (Å²) in [6.07, 6.45) is 3.88. The number of nitrogens with one attached hydrogen (secondary N) is 2. The fourth-order valence-corrected chi connectivity index (χ4v) is 5.06. The number of para-hydroxylation sites is 1. The van der Waals surface area contributed by atoms with Crippen LogP contribution in [0.2, 0.25) is 0 Å². The Labute approximate surface area is 242 Å². The highest BCUT2D eigenvalue weighted by Crippen LogP contribution is 2.17. The van der Waals surface area contributed by atoms with Crippen LogP contribution in [-0.2, 0) is 34.4 Å². The molecule has 2 amide bonds. The number of carbonyl (C=O) groups is 2. The average molecular weight is 566 g/mol. The Morgan fingerprint density at radius 3 is 2.40 bits per heavy atom. The molecule has 0 saturated heterocycles. The maximum absolute atomic E-state index is 13.4. The number of benzene rings is 2. The maximum atomic E-state index is 13.4. The molecule has 40 heavy (non-hydrogen) atoms. The summed E-state index contributed by atoms with van der Waals surface area (Å²) in [7, 11) is 2.12. The molecule has 0 aliphatic heterocycles. The van der Waals surface area contributed by atoms with E-state index in [1.807, 2.05) is 54.6 Å². The Morgan fingerprint density at radius 2 is 1.68 bits per heavy atom. The maximum Gasteiger partial charge on any atom is 0.247 e. The molecule has 2 atom stereocenters. The number of pyridine rings is 1. The molecule has 1 aromatic heterocycles. The van der Waals surface area contributed by atoms with E-state index in [1.54, 1.807) is 6.20 Å². The van der Waals surface area contributed by atoms with Gasteiger partial charge >= 0.3 is 0 Å². The van der Waals surface area contributed by atoms with E-state index in [0.717, 1.165) is 52.6 Å². The van der Waals surface area contributed by atoms with Gasteiger partial charge in [0.2, 0.25) is 11.8 Å². The third-order valence-electron chi connectivity index (χ3n) is 7.26. The summed E-state index contributed by atoms with van der Waals surface area (Å²) in [4.78, 5) is 30.9. The normalized spacial score (nSPS) is 13.1. The van der Waals surface area contributed by atoms with Crippen LogP contribution in [0.1, 0.15) is 30.4 Å². The van der Waals surface area contributed by atoms with E-state index >= 15 is 0 Å². The minimum Gasteiger partial charge on any atom is -0.788 e. The zero-order valence-electron chi connectivity index (χ0n) is 23.4. The standard InChI is InChI=1S/C30H43N7O2S/c1-37(16-13-31,17-14-32)15-5-9-26(33)29(38)36-28(12-11-22-6-4-7-23(18-22)21-40)30(39)35-25-19-24-8-2-3-10-27(24)34-20-25/h2-4,6-8,10,18-20,26,28H,5,9,11-17,21,31-33H2,1H3,(H2-,35,36,38,39,40)/t26-,28+/m0/s1. The van der Waals surface area contributed by atoms with Crippen molar-refractivity contribution in [1.82, 2.24) is 10.3 Å². The van der Waals surface area contributed by atoms with Gasteiger partial charge in [-0.1, -0.05) is 48.0 Å². The Morgan fingerprint density at radius 1 is 0.950 bits per heavy atom. The van der Waals surface area contributed by atoms with Gasteiger partial charge in [-0.05, 0) is 43.4 Å². The number of carbonyl (C=O) groups excluding carboxylic acids is 2. The molecule has 3 rings (SSSR count). The number of fused-ring (bicyclic) bond motifs is 1. The summed E-state index contributed by atoms with van der Waals surface area (Å²) in [5.74, 6) is -0.137. The monoisotopic (exact) mass is 565 g/mol. The fraction of sp³-hybridized carbons (Fsp3) is 0.433. The molecule has 216 valence electrons. The van der Waals surface area contributed by atoms with Gasteiger partial charge in [-0.2, -0.15) is 5.75 Å². The van der Waals surface area contributed by atoms with Crippen LogP contribution in [0.3, 0.4) is 0 Å². The topological polar surface area (TPSA) is 149 Å². The summed E-state index contributed by atoms with van der Waals surface area (Å²) in [6, 6.07) is 16.0. The second-order valence-electron chi connectivity index (χ2n) is 10.6. The molecule has 9 nitrogen and oxygen atoms in total. The summed E-state index contributed by atoms with van der Waals surface area (Å²) >= 11 is 5.18. The number of rotatable bonds is 16. The lowest BCUT2D eigenvalue weighted by Gasteiger charge is -2.34. The number of aryl methyl sites for hydroxylation is 1. The van der Waals surface area contributed by atoms with Crippen LogP contribution in [0.4, 0.5) is 5.69 Å². The molecule has 0 bridgehead atoms. The SMILES string of the molecule is C[N+](CCN)(CCN)CCC[C@H](N)C(=O)N[C@H](CCc1cccc(C[S-])c1)C(=O)Nc1cnc2ccccc2c1. The van der Waals surface area contributed by atoms with Gasteiger partial charge in [0.25, 0.3) is 0 Å². The molecule has 0 fully saturated rings. The molecule has 0 radical (unpaired) electrons. The van der Waals surface area contributed by atoms with Crippen LogP contribution in [0.25, 0.3) is 10.9 Å². The smallest absolute Gasteiger partial charge is 0.247 e. The van der Waals surface area contributed by atoms with Crippen LogP contribution in [0.5, 0.6) is 0 Å². The van der Waals surface area contributed by atoms with Crippen LogP contribution in [0.15, 0.2) is 60.8 Å². The zero-order valence-corrected chi connectivity index (χ0v) is 24.2. The van der Waals surface area contributed by atoms with Gasteiger partial charge in [-0.3, -0.25) is 14.6 Å². The van der Waals surface area contributed by atoms with Gasteiger partial charge in [0.15, 0.2) is 0 Å². The predicted octanol–water partition coefficient (Wildman–Crippen LogP) is 1.81. The first-order chi connectivity index (χ1) is 19.3. The van der Waals surface area contributed by atoms with Crippen molar-refractivity contribution < 1.29 is 14.1 Å². The van der Waals surface area contributed by atoms with Crippen molar-refractivity contribution in [3.63, 3.8) is 0 Å². The number of hydrogen-bond acceptors (Lipinski definition) is 7. The molecule has 1 heterocycles. The van der Waals surface area contributed by atoms with E-state index in [1.165, 1.54) is 0 Å². The summed E-state index contributed by atoms with van der Waals surface area (Å²) < 4.78 is 0.746. The largest absolute Gasteiger partial charge is 0.788 e.